The fraction of sp³-hybridized carbons (Fsp3) is 0.467. The second kappa shape index (κ2) is 8.26. The number of benzene rings is 1. The molecule has 1 aromatic carbocycles. The van der Waals surface area contributed by atoms with Crippen LogP contribution < -0.4 is 5.32 Å². The van der Waals surface area contributed by atoms with Gasteiger partial charge in [0, 0.05) is 11.1 Å². The fourth-order valence-electron chi connectivity index (χ4n) is 1.63. The summed E-state index contributed by atoms with van der Waals surface area (Å²) in [7, 11) is 0. The number of carbonyl (C=O) groups excluding carboxylic acids is 2. The molecule has 0 bridgehead atoms. The number of aliphatic hydroxyl groups is 1. The van der Waals surface area contributed by atoms with E-state index >= 15 is 0 Å². The van der Waals surface area contributed by atoms with Gasteiger partial charge in [-0.1, -0.05) is 25.1 Å². The van der Waals surface area contributed by atoms with Gasteiger partial charge < -0.3 is 14.6 Å². The lowest BCUT2D eigenvalue weighted by molar-refractivity contribution is -0.147. The minimum Gasteiger partial charge on any atom is -0.466 e. The number of hydrogen-bond donors (Lipinski definition) is 2. The molecule has 1 rings (SSSR count). The Labute approximate surface area is 124 Å². The monoisotopic (exact) mass is 295 g/mol. The van der Waals surface area contributed by atoms with Gasteiger partial charge in [0.25, 0.3) is 0 Å². The van der Waals surface area contributed by atoms with E-state index in [-0.39, 0.29) is 26.2 Å². The molecule has 21 heavy (non-hydrogen) atoms. The second-order valence-corrected chi connectivity index (χ2v) is 5.02. The summed E-state index contributed by atoms with van der Waals surface area (Å²) < 4.78 is 9.90. The number of aliphatic hydroxyl groups excluding tert-OH is 1. The molecule has 0 saturated heterocycles. The van der Waals surface area contributed by atoms with Crippen LogP contribution in [0.15, 0.2) is 30.3 Å². The van der Waals surface area contributed by atoms with Gasteiger partial charge in [-0.05, 0) is 19.1 Å². The third-order valence-electron chi connectivity index (χ3n) is 2.83. The van der Waals surface area contributed by atoms with E-state index in [1.54, 1.807) is 38.1 Å². The number of carbonyl (C=O) groups is 2. The van der Waals surface area contributed by atoms with Gasteiger partial charge in [0.15, 0.2) is 0 Å². The smallest absolute Gasteiger partial charge is 0.411 e. The largest absolute Gasteiger partial charge is 0.466 e. The van der Waals surface area contributed by atoms with Gasteiger partial charge in [0.1, 0.15) is 6.61 Å². The van der Waals surface area contributed by atoms with Crippen molar-refractivity contribution in [2.24, 2.45) is 5.41 Å². The summed E-state index contributed by atoms with van der Waals surface area (Å²) in [5, 5.41) is 11.9. The van der Waals surface area contributed by atoms with E-state index in [0.717, 1.165) is 0 Å². The first kappa shape index (κ1) is 17.0. The number of rotatable bonds is 7. The molecule has 0 spiro atoms. The average Bonchev–Trinajstić information content (AvgIpc) is 2.46. The summed E-state index contributed by atoms with van der Waals surface area (Å²) in [6.45, 7) is 3.26. The molecule has 6 nitrogen and oxygen atoms in total. The third-order valence-corrected chi connectivity index (χ3v) is 2.83. The normalized spacial score (nSPS) is 13.1. The first-order valence-electron chi connectivity index (χ1n) is 6.74. The summed E-state index contributed by atoms with van der Waals surface area (Å²) in [4.78, 5) is 23.1. The van der Waals surface area contributed by atoms with Gasteiger partial charge >= 0.3 is 12.1 Å². The molecular weight excluding hydrogens is 274 g/mol. The molecule has 6 heteroatoms. The van der Waals surface area contributed by atoms with Crippen LogP contribution in [0.2, 0.25) is 0 Å². The van der Waals surface area contributed by atoms with Crippen molar-refractivity contribution in [1.29, 1.82) is 0 Å². The van der Waals surface area contributed by atoms with Crippen LogP contribution in [0.1, 0.15) is 20.3 Å². The maximum Gasteiger partial charge on any atom is 0.411 e. The number of amides is 1. The molecule has 1 amide bonds. The highest BCUT2D eigenvalue weighted by Gasteiger charge is 2.29. The quantitative estimate of drug-likeness (QED) is 0.753. The maximum absolute atomic E-state index is 11.7. The second-order valence-electron chi connectivity index (χ2n) is 5.02. The van der Waals surface area contributed by atoms with Crippen molar-refractivity contribution in [2.45, 2.75) is 20.3 Å². The number of nitrogens with one attached hydrogen (secondary N) is 1. The van der Waals surface area contributed by atoms with Crippen molar-refractivity contribution in [1.82, 2.24) is 0 Å². The van der Waals surface area contributed by atoms with Crippen LogP contribution in [0.3, 0.4) is 0 Å². The predicted molar refractivity (Wildman–Crippen MR) is 77.9 cm³/mol. The van der Waals surface area contributed by atoms with Crippen LogP contribution in [0.5, 0.6) is 0 Å². The summed E-state index contributed by atoms with van der Waals surface area (Å²) >= 11 is 0. The third kappa shape index (κ3) is 6.27. The van der Waals surface area contributed by atoms with E-state index in [0.29, 0.717) is 5.69 Å². The molecule has 0 aliphatic rings. The molecule has 0 saturated carbocycles. The molecule has 1 unspecified atom stereocenters. The molecule has 0 aliphatic carbocycles. The molecule has 0 heterocycles. The van der Waals surface area contributed by atoms with Crippen molar-refractivity contribution < 1.29 is 24.2 Å². The topological polar surface area (TPSA) is 84.9 Å². The lowest BCUT2D eigenvalue weighted by Crippen LogP contribution is -2.33. The van der Waals surface area contributed by atoms with Crippen molar-refractivity contribution >= 4 is 17.7 Å². The Hall–Kier alpha value is -2.08. The van der Waals surface area contributed by atoms with E-state index in [9.17, 15) is 14.7 Å². The highest BCUT2D eigenvalue weighted by atomic mass is 16.6. The Morgan fingerprint density at radius 2 is 1.90 bits per heavy atom. The zero-order valence-corrected chi connectivity index (χ0v) is 12.3. The van der Waals surface area contributed by atoms with Gasteiger partial charge in [-0.15, -0.1) is 0 Å². The Morgan fingerprint density at radius 3 is 2.48 bits per heavy atom. The van der Waals surface area contributed by atoms with E-state index in [4.69, 9.17) is 9.47 Å². The number of esters is 1. The number of hydrogen-bond acceptors (Lipinski definition) is 5. The fourth-order valence-corrected chi connectivity index (χ4v) is 1.63. The van der Waals surface area contributed by atoms with Crippen LogP contribution in [0.25, 0.3) is 0 Å². The average molecular weight is 295 g/mol. The van der Waals surface area contributed by atoms with Crippen molar-refractivity contribution in [3.05, 3.63) is 30.3 Å². The molecule has 0 radical (unpaired) electrons. The molecule has 0 aromatic heterocycles. The minimum atomic E-state index is -0.861. The van der Waals surface area contributed by atoms with Crippen LogP contribution in [-0.4, -0.2) is 37.0 Å². The molecule has 1 aromatic rings. The lowest BCUT2D eigenvalue weighted by Gasteiger charge is -2.25. The first-order valence-corrected chi connectivity index (χ1v) is 6.74. The summed E-state index contributed by atoms with van der Waals surface area (Å²) in [5.41, 5.74) is -0.251. The predicted octanol–water partition coefficient (Wildman–Crippen LogP) is 2.19. The highest BCUT2D eigenvalue weighted by Crippen LogP contribution is 2.22. The summed E-state index contributed by atoms with van der Waals surface area (Å²) in [5.74, 6) is -0.430. The number of para-hydroxylation sites is 1. The van der Waals surface area contributed by atoms with E-state index in [1.165, 1.54) is 0 Å². The van der Waals surface area contributed by atoms with E-state index in [2.05, 4.69) is 5.32 Å². The van der Waals surface area contributed by atoms with Gasteiger partial charge in [-0.2, -0.15) is 0 Å². The van der Waals surface area contributed by atoms with Gasteiger partial charge in [0.05, 0.1) is 19.6 Å². The molecule has 1 atom stereocenters. The van der Waals surface area contributed by atoms with Gasteiger partial charge in [0.2, 0.25) is 0 Å². The molecular formula is C15H21NO5. The lowest BCUT2D eigenvalue weighted by atomic mass is 9.89. The minimum absolute atomic E-state index is 0.0179. The van der Waals surface area contributed by atoms with Crippen molar-refractivity contribution in [3.63, 3.8) is 0 Å². The van der Waals surface area contributed by atoms with Crippen molar-refractivity contribution in [3.8, 4) is 0 Å². The Balaban J connectivity index is 2.46. The summed E-state index contributed by atoms with van der Waals surface area (Å²) in [6.07, 6.45) is -0.652. The molecule has 0 aliphatic heterocycles. The SMILES string of the molecule is CCOC(=O)CC(C)(CO)COC(=O)Nc1ccccc1. The number of ether oxygens (including phenoxy) is 2. The van der Waals surface area contributed by atoms with E-state index in [1.807, 2.05) is 6.07 Å². The Morgan fingerprint density at radius 1 is 1.24 bits per heavy atom. The zero-order valence-electron chi connectivity index (χ0n) is 12.3. The molecule has 2 N–H and O–H groups in total. The highest BCUT2D eigenvalue weighted by molar-refractivity contribution is 5.84. The molecule has 116 valence electrons. The Kier molecular flexibility index (Phi) is 6.68. The maximum atomic E-state index is 11.7. The molecule has 0 fully saturated rings. The van der Waals surface area contributed by atoms with Crippen LogP contribution in [0.4, 0.5) is 10.5 Å². The van der Waals surface area contributed by atoms with Crippen LogP contribution in [0, 0.1) is 5.41 Å². The van der Waals surface area contributed by atoms with E-state index < -0.39 is 17.5 Å². The van der Waals surface area contributed by atoms with Gasteiger partial charge in [-0.3, -0.25) is 10.1 Å². The number of anilines is 1. The van der Waals surface area contributed by atoms with Crippen LogP contribution in [-0.2, 0) is 14.3 Å². The first-order chi connectivity index (χ1) is 9.99. The van der Waals surface area contributed by atoms with Crippen LogP contribution >= 0.6 is 0 Å². The standard InChI is InChI=1S/C15H21NO5/c1-3-20-13(18)9-15(2,10-17)11-21-14(19)16-12-7-5-4-6-8-12/h4-8,17H,3,9-11H2,1-2H3,(H,16,19). The van der Waals surface area contributed by atoms with Crippen molar-refractivity contribution in [2.75, 3.05) is 25.1 Å². The Bertz CT molecular complexity index is 462. The summed E-state index contributed by atoms with van der Waals surface area (Å²) in [6, 6.07) is 8.86. The van der Waals surface area contributed by atoms with Gasteiger partial charge in [-0.25, -0.2) is 4.79 Å². The zero-order chi connectivity index (χ0) is 15.7.